The minimum atomic E-state index is -0.151. The van der Waals surface area contributed by atoms with Crippen molar-refractivity contribution in [2.75, 3.05) is 0 Å². The molecule has 2 atom stereocenters. The third-order valence-electron chi connectivity index (χ3n) is 6.54. The van der Waals surface area contributed by atoms with E-state index in [0.29, 0.717) is 30.6 Å². The first-order valence-corrected chi connectivity index (χ1v) is 10.9. The number of esters is 1. The Labute approximate surface area is 163 Å². The number of ketones is 1. The van der Waals surface area contributed by atoms with Crippen molar-refractivity contribution in [1.82, 2.24) is 0 Å². The smallest absolute Gasteiger partial charge is 0.306 e. The highest BCUT2D eigenvalue weighted by molar-refractivity contribution is 5.82. The molecule has 2 fully saturated rings. The van der Waals surface area contributed by atoms with Crippen LogP contribution in [-0.2, 0) is 20.9 Å². The number of Topliss-reactive ketones (excluding diaryl/α,β-unsaturated/α-hetero) is 1. The third-order valence-corrected chi connectivity index (χ3v) is 6.54. The Kier molecular flexibility index (Phi) is 7.49. The number of rotatable bonds is 7. The molecule has 2 aliphatic rings. The molecule has 0 bridgehead atoms. The molecule has 2 unspecified atom stereocenters. The molecule has 27 heavy (non-hydrogen) atoms. The summed E-state index contributed by atoms with van der Waals surface area (Å²) in [6.07, 6.45) is 11.5. The standard InChI is InChI=1S/C24H34O3/c1-18-7-5-11-23(25)22(18)10-6-12-24(26)27-17-19-13-15-21(16-14-19)20-8-3-2-4-9-20/h13-16,18,20,22H,2-12,17H2,1H3. The zero-order chi connectivity index (χ0) is 19.1. The molecule has 1 aromatic rings. The van der Waals surface area contributed by atoms with Gasteiger partial charge in [-0.25, -0.2) is 0 Å². The average molecular weight is 371 g/mol. The van der Waals surface area contributed by atoms with Crippen LogP contribution in [0.25, 0.3) is 0 Å². The second kappa shape index (κ2) is 10.1. The molecule has 0 heterocycles. The molecule has 0 amide bonds. The van der Waals surface area contributed by atoms with E-state index in [9.17, 15) is 9.59 Å². The number of hydrogen-bond acceptors (Lipinski definition) is 3. The van der Waals surface area contributed by atoms with E-state index < -0.39 is 0 Å². The highest BCUT2D eigenvalue weighted by Gasteiger charge is 2.28. The lowest BCUT2D eigenvalue weighted by Gasteiger charge is -2.27. The predicted molar refractivity (Wildman–Crippen MR) is 107 cm³/mol. The highest BCUT2D eigenvalue weighted by Crippen LogP contribution is 2.33. The molecule has 148 valence electrons. The number of carbonyl (C=O) groups is 2. The Morgan fingerprint density at radius 1 is 1.04 bits per heavy atom. The Balaban J connectivity index is 1.36. The van der Waals surface area contributed by atoms with Gasteiger partial charge in [0.2, 0.25) is 0 Å². The van der Waals surface area contributed by atoms with Crippen molar-refractivity contribution in [3.63, 3.8) is 0 Å². The second-order valence-corrected chi connectivity index (χ2v) is 8.57. The van der Waals surface area contributed by atoms with Gasteiger partial charge in [0.25, 0.3) is 0 Å². The molecule has 0 saturated heterocycles. The van der Waals surface area contributed by atoms with E-state index in [0.717, 1.165) is 37.7 Å². The summed E-state index contributed by atoms with van der Waals surface area (Å²) < 4.78 is 5.43. The number of benzene rings is 1. The molecule has 3 nitrogen and oxygen atoms in total. The Morgan fingerprint density at radius 3 is 2.48 bits per heavy atom. The maximum absolute atomic E-state index is 12.0. The van der Waals surface area contributed by atoms with Crippen LogP contribution >= 0.6 is 0 Å². The molecule has 0 N–H and O–H groups in total. The van der Waals surface area contributed by atoms with Crippen molar-refractivity contribution in [2.24, 2.45) is 11.8 Å². The normalized spacial score (nSPS) is 24.0. The van der Waals surface area contributed by atoms with Gasteiger partial charge in [-0.3, -0.25) is 9.59 Å². The van der Waals surface area contributed by atoms with E-state index in [4.69, 9.17) is 4.74 Å². The van der Waals surface area contributed by atoms with Gasteiger partial charge < -0.3 is 4.74 Å². The molecule has 1 aromatic carbocycles. The maximum atomic E-state index is 12.0. The van der Waals surface area contributed by atoms with Gasteiger partial charge in [-0.2, -0.15) is 0 Å². The van der Waals surface area contributed by atoms with E-state index in [1.165, 1.54) is 37.7 Å². The molecular weight excluding hydrogens is 336 g/mol. The molecule has 2 saturated carbocycles. The van der Waals surface area contributed by atoms with Gasteiger partial charge in [-0.15, -0.1) is 0 Å². The van der Waals surface area contributed by atoms with Gasteiger partial charge in [-0.05, 0) is 61.5 Å². The topological polar surface area (TPSA) is 43.4 Å². The maximum Gasteiger partial charge on any atom is 0.306 e. The monoisotopic (exact) mass is 370 g/mol. The van der Waals surface area contributed by atoms with Crippen LogP contribution in [0.3, 0.4) is 0 Å². The van der Waals surface area contributed by atoms with Gasteiger partial charge in [0.1, 0.15) is 12.4 Å². The van der Waals surface area contributed by atoms with Crippen LogP contribution in [-0.4, -0.2) is 11.8 Å². The van der Waals surface area contributed by atoms with E-state index in [1.807, 2.05) is 0 Å². The molecule has 2 aliphatic carbocycles. The fourth-order valence-corrected chi connectivity index (χ4v) is 4.77. The summed E-state index contributed by atoms with van der Waals surface area (Å²) in [6.45, 7) is 2.51. The summed E-state index contributed by atoms with van der Waals surface area (Å²) in [7, 11) is 0. The van der Waals surface area contributed by atoms with Crippen LogP contribution in [0.1, 0.15) is 94.6 Å². The van der Waals surface area contributed by atoms with E-state index in [1.54, 1.807) is 0 Å². The Bertz CT molecular complexity index is 613. The van der Waals surface area contributed by atoms with Gasteiger partial charge >= 0.3 is 5.97 Å². The summed E-state index contributed by atoms with van der Waals surface area (Å²) in [6, 6.07) is 8.60. The lowest BCUT2D eigenvalue weighted by atomic mass is 9.77. The van der Waals surface area contributed by atoms with E-state index in [-0.39, 0.29) is 11.9 Å². The fourth-order valence-electron chi connectivity index (χ4n) is 4.77. The van der Waals surface area contributed by atoms with Gasteiger partial charge in [0.05, 0.1) is 0 Å². The van der Waals surface area contributed by atoms with Crippen molar-refractivity contribution in [3.8, 4) is 0 Å². The van der Waals surface area contributed by atoms with Crippen LogP contribution in [0.4, 0.5) is 0 Å². The first kappa shape index (κ1) is 20.1. The zero-order valence-electron chi connectivity index (χ0n) is 16.8. The van der Waals surface area contributed by atoms with Gasteiger partial charge in [0.15, 0.2) is 0 Å². The molecular formula is C24H34O3. The Morgan fingerprint density at radius 2 is 1.78 bits per heavy atom. The largest absolute Gasteiger partial charge is 0.461 e. The van der Waals surface area contributed by atoms with Crippen LogP contribution in [0, 0.1) is 11.8 Å². The van der Waals surface area contributed by atoms with Crippen molar-refractivity contribution in [3.05, 3.63) is 35.4 Å². The summed E-state index contributed by atoms with van der Waals surface area (Å²) in [5.41, 5.74) is 2.48. The third kappa shape index (κ3) is 5.92. The number of ether oxygens (including phenoxy) is 1. The van der Waals surface area contributed by atoms with Gasteiger partial charge in [0, 0.05) is 18.8 Å². The molecule has 3 rings (SSSR count). The highest BCUT2D eigenvalue weighted by atomic mass is 16.5. The molecule has 0 radical (unpaired) electrons. The first-order valence-electron chi connectivity index (χ1n) is 10.9. The zero-order valence-corrected chi connectivity index (χ0v) is 16.8. The first-order chi connectivity index (χ1) is 13.1. The van der Waals surface area contributed by atoms with E-state index >= 15 is 0 Å². The van der Waals surface area contributed by atoms with E-state index in [2.05, 4.69) is 31.2 Å². The SMILES string of the molecule is CC1CCCC(=O)C1CCCC(=O)OCc1ccc(C2CCCCC2)cc1. The average Bonchev–Trinajstić information content (AvgIpc) is 2.70. The van der Waals surface area contributed by atoms with Crippen LogP contribution in [0.15, 0.2) is 24.3 Å². The minimum Gasteiger partial charge on any atom is -0.461 e. The molecule has 0 spiro atoms. The van der Waals surface area contributed by atoms with Crippen LogP contribution in [0.5, 0.6) is 0 Å². The quantitative estimate of drug-likeness (QED) is 0.557. The van der Waals surface area contributed by atoms with Crippen molar-refractivity contribution >= 4 is 11.8 Å². The van der Waals surface area contributed by atoms with Crippen LogP contribution in [0.2, 0.25) is 0 Å². The fraction of sp³-hybridized carbons (Fsp3) is 0.667. The minimum absolute atomic E-state index is 0.151. The van der Waals surface area contributed by atoms with Gasteiger partial charge in [-0.1, -0.05) is 50.5 Å². The summed E-state index contributed by atoms with van der Waals surface area (Å²) in [5.74, 6) is 1.56. The lowest BCUT2D eigenvalue weighted by Crippen LogP contribution is -2.26. The summed E-state index contributed by atoms with van der Waals surface area (Å²) in [4.78, 5) is 24.0. The molecule has 0 aliphatic heterocycles. The molecule has 3 heteroatoms. The van der Waals surface area contributed by atoms with Crippen LogP contribution < -0.4 is 0 Å². The predicted octanol–water partition coefficient (Wildman–Crippen LogP) is 5.95. The second-order valence-electron chi connectivity index (χ2n) is 8.57. The van der Waals surface area contributed by atoms with Crippen molar-refractivity contribution < 1.29 is 14.3 Å². The molecule has 0 aromatic heterocycles. The number of carbonyl (C=O) groups excluding carboxylic acids is 2. The lowest BCUT2D eigenvalue weighted by molar-refractivity contribution is -0.145. The Hall–Kier alpha value is -1.64. The van der Waals surface area contributed by atoms with Crippen molar-refractivity contribution in [2.45, 2.75) is 90.1 Å². The van der Waals surface area contributed by atoms with Crippen molar-refractivity contribution in [1.29, 1.82) is 0 Å². The summed E-state index contributed by atoms with van der Waals surface area (Å²) >= 11 is 0. The summed E-state index contributed by atoms with van der Waals surface area (Å²) in [5, 5.41) is 0. The number of hydrogen-bond donors (Lipinski definition) is 0.